The molecule has 1 N–H and O–H groups in total. The lowest BCUT2D eigenvalue weighted by molar-refractivity contribution is 0.100. The Morgan fingerprint density at radius 1 is 1.40 bits per heavy atom. The van der Waals surface area contributed by atoms with Gasteiger partial charge >= 0.3 is 0 Å². The molecule has 0 saturated carbocycles. The Morgan fingerprint density at radius 3 is 2.73 bits per heavy atom. The van der Waals surface area contributed by atoms with Crippen LogP contribution < -0.4 is 0 Å². The lowest BCUT2D eigenvalue weighted by atomic mass is 10.2. The molecule has 0 fully saturated rings. The number of carbonyl (C=O) groups is 1. The zero-order valence-electron chi connectivity index (χ0n) is 8.61. The van der Waals surface area contributed by atoms with E-state index in [0.717, 1.165) is 17.1 Å². The van der Waals surface area contributed by atoms with E-state index >= 15 is 0 Å². The number of hydrogen-bond acceptors (Lipinski definition) is 3. The summed E-state index contributed by atoms with van der Waals surface area (Å²) in [6.45, 7) is 3.37. The predicted octanol–water partition coefficient (Wildman–Crippen LogP) is 1.98. The summed E-state index contributed by atoms with van der Waals surface area (Å²) in [6.07, 6.45) is 1.71. The van der Waals surface area contributed by atoms with Crippen LogP contribution in [0.25, 0.3) is 11.4 Å². The van der Waals surface area contributed by atoms with Gasteiger partial charge in [-0.25, -0.2) is 4.98 Å². The topological polar surface area (TPSA) is 58.6 Å². The molecular weight excluding hydrogens is 190 g/mol. The van der Waals surface area contributed by atoms with Crippen LogP contribution in [0.15, 0.2) is 24.4 Å². The van der Waals surface area contributed by atoms with Crippen LogP contribution in [0.3, 0.4) is 0 Å². The van der Waals surface area contributed by atoms with Crippen LogP contribution >= 0.6 is 0 Å². The van der Waals surface area contributed by atoms with Crippen molar-refractivity contribution >= 4 is 5.78 Å². The average molecular weight is 201 g/mol. The number of ketones is 1. The summed E-state index contributed by atoms with van der Waals surface area (Å²) >= 11 is 0. The molecule has 2 aromatic heterocycles. The molecule has 0 spiro atoms. The molecule has 2 rings (SSSR count). The molecule has 4 heteroatoms. The minimum Gasteiger partial charge on any atom is -0.339 e. The Labute approximate surface area is 87.4 Å². The molecule has 0 saturated heterocycles. The molecule has 0 bridgehead atoms. The van der Waals surface area contributed by atoms with E-state index in [1.54, 1.807) is 6.20 Å². The Balaban J connectivity index is 2.50. The van der Waals surface area contributed by atoms with Gasteiger partial charge in [-0.15, -0.1) is 0 Å². The summed E-state index contributed by atoms with van der Waals surface area (Å²) in [7, 11) is 0. The van der Waals surface area contributed by atoms with Gasteiger partial charge in [0.1, 0.15) is 5.69 Å². The number of nitrogens with one attached hydrogen (secondary N) is 1. The van der Waals surface area contributed by atoms with Crippen LogP contribution in [-0.2, 0) is 0 Å². The van der Waals surface area contributed by atoms with Crippen LogP contribution in [-0.4, -0.2) is 20.7 Å². The van der Waals surface area contributed by atoms with E-state index in [9.17, 15) is 4.79 Å². The summed E-state index contributed by atoms with van der Waals surface area (Å²) in [5.74, 6) is 0.313. The summed E-state index contributed by atoms with van der Waals surface area (Å²) in [5, 5.41) is 0. The first-order valence-electron chi connectivity index (χ1n) is 4.67. The molecule has 2 aromatic rings. The number of imidazole rings is 1. The van der Waals surface area contributed by atoms with Crippen molar-refractivity contribution < 1.29 is 4.79 Å². The van der Waals surface area contributed by atoms with E-state index < -0.39 is 0 Å². The third kappa shape index (κ3) is 1.79. The standard InChI is InChI=1S/C11H11N3O/c1-7-10(9-5-3-4-6-12-9)14-11(13-7)8(2)15/h3-6H,1-2H3,(H,13,14). The second kappa shape index (κ2) is 3.65. The number of carbonyl (C=O) groups excluding carboxylic acids is 1. The van der Waals surface area contributed by atoms with Crippen molar-refractivity contribution in [2.75, 3.05) is 0 Å². The maximum absolute atomic E-state index is 11.1. The summed E-state index contributed by atoms with van der Waals surface area (Å²) < 4.78 is 0. The average Bonchev–Trinajstić information content (AvgIpc) is 2.62. The molecule has 0 aliphatic carbocycles. The lowest BCUT2D eigenvalue weighted by Gasteiger charge is -1.95. The molecule has 0 atom stereocenters. The quantitative estimate of drug-likeness (QED) is 0.756. The second-order valence-corrected chi connectivity index (χ2v) is 3.33. The predicted molar refractivity (Wildman–Crippen MR) is 56.6 cm³/mol. The van der Waals surface area contributed by atoms with Gasteiger partial charge in [0.2, 0.25) is 0 Å². The summed E-state index contributed by atoms with van der Waals surface area (Å²) in [6, 6.07) is 5.61. The van der Waals surface area contributed by atoms with Gasteiger partial charge < -0.3 is 4.98 Å². The molecule has 0 aliphatic rings. The number of pyridine rings is 1. The van der Waals surface area contributed by atoms with Crippen molar-refractivity contribution in [2.24, 2.45) is 0 Å². The molecule has 15 heavy (non-hydrogen) atoms. The number of aromatic amines is 1. The Bertz CT molecular complexity index is 488. The van der Waals surface area contributed by atoms with Crippen molar-refractivity contribution in [2.45, 2.75) is 13.8 Å². The highest BCUT2D eigenvalue weighted by Crippen LogP contribution is 2.18. The zero-order chi connectivity index (χ0) is 10.8. The highest BCUT2D eigenvalue weighted by atomic mass is 16.1. The highest BCUT2D eigenvalue weighted by Gasteiger charge is 2.11. The van der Waals surface area contributed by atoms with Gasteiger partial charge in [-0.05, 0) is 19.1 Å². The van der Waals surface area contributed by atoms with Crippen LogP contribution in [0.1, 0.15) is 23.2 Å². The van der Waals surface area contributed by atoms with Crippen molar-refractivity contribution in [1.29, 1.82) is 0 Å². The minimum atomic E-state index is -0.0692. The van der Waals surface area contributed by atoms with Crippen molar-refractivity contribution in [3.63, 3.8) is 0 Å². The number of rotatable bonds is 2. The van der Waals surface area contributed by atoms with E-state index in [1.807, 2.05) is 25.1 Å². The maximum Gasteiger partial charge on any atom is 0.195 e. The molecule has 0 amide bonds. The third-order valence-electron chi connectivity index (χ3n) is 2.13. The Morgan fingerprint density at radius 2 is 2.20 bits per heavy atom. The minimum absolute atomic E-state index is 0.0692. The molecule has 0 aromatic carbocycles. The zero-order valence-corrected chi connectivity index (χ0v) is 8.61. The molecule has 2 heterocycles. The fourth-order valence-corrected chi connectivity index (χ4v) is 1.38. The van der Waals surface area contributed by atoms with Gasteiger partial charge in [0, 0.05) is 18.8 Å². The number of nitrogens with zero attached hydrogens (tertiary/aromatic N) is 2. The van der Waals surface area contributed by atoms with E-state index in [4.69, 9.17) is 0 Å². The van der Waals surface area contributed by atoms with Crippen molar-refractivity contribution in [1.82, 2.24) is 15.0 Å². The lowest BCUT2D eigenvalue weighted by Crippen LogP contribution is -1.94. The first-order chi connectivity index (χ1) is 7.18. The fraction of sp³-hybridized carbons (Fsp3) is 0.182. The largest absolute Gasteiger partial charge is 0.339 e. The SMILES string of the molecule is CC(=O)c1nc(-c2ccccn2)c(C)[nH]1. The van der Waals surface area contributed by atoms with Gasteiger partial charge in [0.25, 0.3) is 0 Å². The van der Waals surface area contributed by atoms with E-state index in [1.165, 1.54) is 6.92 Å². The molecule has 0 radical (unpaired) electrons. The normalized spacial score (nSPS) is 10.3. The molecule has 4 nitrogen and oxygen atoms in total. The molecule has 0 aliphatic heterocycles. The Kier molecular flexibility index (Phi) is 2.33. The maximum atomic E-state index is 11.1. The number of H-pyrrole nitrogens is 1. The van der Waals surface area contributed by atoms with Gasteiger partial charge in [0.15, 0.2) is 11.6 Å². The second-order valence-electron chi connectivity index (χ2n) is 3.33. The first kappa shape index (κ1) is 9.58. The molecular formula is C11H11N3O. The Hall–Kier alpha value is -1.97. The van der Waals surface area contributed by atoms with Gasteiger partial charge in [0.05, 0.1) is 5.69 Å². The van der Waals surface area contributed by atoms with Crippen molar-refractivity contribution in [3.8, 4) is 11.4 Å². The number of hydrogen-bond donors (Lipinski definition) is 1. The van der Waals surface area contributed by atoms with Gasteiger partial charge in [-0.2, -0.15) is 0 Å². The molecule has 0 unspecified atom stereocenters. The monoisotopic (exact) mass is 201 g/mol. The van der Waals surface area contributed by atoms with E-state index in [0.29, 0.717) is 5.82 Å². The first-order valence-corrected chi connectivity index (χ1v) is 4.67. The number of aryl methyl sites for hydroxylation is 1. The van der Waals surface area contributed by atoms with Gasteiger partial charge in [-0.3, -0.25) is 9.78 Å². The smallest absolute Gasteiger partial charge is 0.195 e. The number of aromatic nitrogens is 3. The van der Waals surface area contributed by atoms with Crippen LogP contribution in [0.2, 0.25) is 0 Å². The van der Waals surface area contributed by atoms with Crippen molar-refractivity contribution in [3.05, 3.63) is 35.9 Å². The summed E-state index contributed by atoms with van der Waals surface area (Å²) in [4.78, 5) is 22.5. The third-order valence-corrected chi connectivity index (χ3v) is 2.13. The van der Waals surface area contributed by atoms with Crippen LogP contribution in [0, 0.1) is 6.92 Å². The number of Topliss-reactive ketones (excluding diaryl/α,β-unsaturated/α-hetero) is 1. The molecule has 76 valence electrons. The van der Waals surface area contributed by atoms with Crippen LogP contribution in [0.4, 0.5) is 0 Å². The van der Waals surface area contributed by atoms with E-state index in [-0.39, 0.29) is 5.78 Å². The van der Waals surface area contributed by atoms with Crippen LogP contribution in [0.5, 0.6) is 0 Å². The summed E-state index contributed by atoms with van der Waals surface area (Å²) in [5.41, 5.74) is 2.37. The van der Waals surface area contributed by atoms with E-state index in [2.05, 4.69) is 15.0 Å². The fourth-order valence-electron chi connectivity index (χ4n) is 1.38. The highest BCUT2D eigenvalue weighted by molar-refractivity contribution is 5.91. The van der Waals surface area contributed by atoms with Gasteiger partial charge in [-0.1, -0.05) is 6.07 Å².